The quantitative estimate of drug-likeness (QED) is 0.277. The Hall–Kier alpha value is -5.43. The molecule has 2 atom stereocenters. The van der Waals surface area contributed by atoms with E-state index in [9.17, 15) is 19.2 Å². The second-order valence-electron chi connectivity index (χ2n) is 13.1. The zero-order valence-electron chi connectivity index (χ0n) is 28.8. The molecule has 260 valence electrons. The number of hydrogen-bond donors (Lipinski definition) is 1. The Balaban J connectivity index is 1.10. The van der Waals surface area contributed by atoms with Crippen LogP contribution in [0.15, 0.2) is 53.6 Å². The number of aryl methyl sites for hydroxylation is 1. The molecular weight excluding hydrogens is 640 g/mol. The fraction of sp³-hybridized carbons (Fsp3) is 0.378. The Morgan fingerprint density at radius 2 is 1.68 bits per heavy atom. The molecule has 4 aromatic rings. The average Bonchev–Trinajstić information content (AvgIpc) is 3.45. The summed E-state index contributed by atoms with van der Waals surface area (Å²) in [7, 11) is 6.55. The summed E-state index contributed by atoms with van der Waals surface area (Å²) in [5.74, 6) is 0.886. The van der Waals surface area contributed by atoms with Crippen LogP contribution in [0.5, 0.6) is 17.4 Å². The number of ether oxygens (including phenoxy) is 3. The number of carbonyl (C=O) groups is 3. The molecule has 3 amide bonds. The molecule has 1 N–H and O–H groups in total. The molecule has 50 heavy (non-hydrogen) atoms. The van der Waals surface area contributed by atoms with Crippen LogP contribution >= 0.6 is 0 Å². The summed E-state index contributed by atoms with van der Waals surface area (Å²) >= 11 is 0. The number of pyridine rings is 2. The molecule has 2 saturated heterocycles. The number of methoxy groups -OCH3 is 3. The van der Waals surface area contributed by atoms with Gasteiger partial charge in [-0.2, -0.15) is 0 Å². The van der Waals surface area contributed by atoms with Crippen LogP contribution < -0.4 is 30.0 Å². The summed E-state index contributed by atoms with van der Waals surface area (Å²) in [6.45, 7) is 5.39. The molecule has 0 saturated carbocycles. The van der Waals surface area contributed by atoms with Crippen molar-refractivity contribution in [1.29, 1.82) is 0 Å². The van der Waals surface area contributed by atoms with Gasteiger partial charge in [-0.05, 0) is 48.7 Å². The zero-order chi connectivity index (χ0) is 35.3. The molecule has 13 heteroatoms. The second-order valence-corrected chi connectivity index (χ2v) is 13.1. The number of carbonyl (C=O) groups excluding carboxylic acids is 3. The Labute approximate surface area is 289 Å². The number of hydrogen-bond acceptors (Lipinski definition) is 10. The van der Waals surface area contributed by atoms with E-state index in [1.54, 1.807) is 56.3 Å². The van der Waals surface area contributed by atoms with E-state index >= 15 is 0 Å². The number of anilines is 1. The number of amides is 3. The van der Waals surface area contributed by atoms with Gasteiger partial charge in [-0.25, -0.2) is 4.98 Å². The third-order valence-corrected chi connectivity index (χ3v) is 10.2. The summed E-state index contributed by atoms with van der Waals surface area (Å²) < 4.78 is 18.8. The SMILES string of the molecule is COc1cc2c(-c3cc(OC)c(CN4CCN(c5ccc6c(c5)C(=O)N(C5CCC(=O)NC5=O)C6)CC4C)c(OC)c3)cn(C)c(=O)c2cn1. The highest BCUT2D eigenvalue weighted by Gasteiger charge is 2.39. The van der Waals surface area contributed by atoms with Gasteiger partial charge in [0.25, 0.3) is 11.5 Å². The number of imide groups is 1. The van der Waals surface area contributed by atoms with Gasteiger partial charge in [-0.3, -0.25) is 29.4 Å². The highest BCUT2D eigenvalue weighted by atomic mass is 16.5. The number of nitrogens with zero attached hydrogens (tertiary/aromatic N) is 5. The van der Waals surface area contributed by atoms with E-state index in [-0.39, 0.29) is 29.8 Å². The van der Waals surface area contributed by atoms with Gasteiger partial charge < -0.3 is 28.6 Å². The van der Waals surface area contributed by atoms with Crippen LogP contribution in [-0.2, 0) is 29.7 Å². The predicted octanol–water partition coefficient (Wildman–Crippen LogP) is 3.10. The first-order valence-corrected chi connectivity index (χ1v) is 16.6. The van der Waals surface area contributed by atoms with E-state index in [1.165, 1.54) is 0 Å². The monoisotopic (exact) mass is 680 g/mol. The fourth-order valence-corrected chi connectivity index (χ4v) is 7.39. The van der Waals surface area contributed by atoms with Crippen molar-refractivity contribution in [3.05, 3.63) is 75.8 Å². The van der Waals surface area contributed by atoms with Crippen molar-refractivity contribution in [2.24, 2.45) is 7.05 Å². The van der Waals surface area contributed by atoms with E-state index in [0.717, 1.165) is 53.0 Å². The minimum absolute atomic E-state index is 0.150. The van der Waals surface area contributed by atoms with Crippen LogP contribution in [-0.4, -0.2) is 90.1 Å². The topological polar surface area (TPSA) is 136 Å². The highest BCUT2D eigenvalue weighted by molar-refractivity contribution is 6.05. The number of piperidine rings is 1. The molecule has 5 heterocycles. The van der Waals surface area contributed by atoms with Crippen molar-refractivity contribution >= 4 is 34.2 Å². The summed E-state index contributed by atoms with van der Waals surface area (Å²) in [6, 6.07) is 11.2. The van der Waals surface area contributed by atoms with Gasteiger partial charge in [0.2, 0.25) is 17.7 Å². The second kappa shape index (κ2) is 13.1. The molecule has 2 fully saturated rings. The molecule has 3 aliphatic rings. The third kappa shape index (κ3) is 5.81. The van der Waals surface area contributed by atoms with Crippen molar-refractivity contribution in [2.75, 3.05) is 45.9 Å². The fourth-order valence-electron chi connectivity index (χ4n) is 7.39. The summed E-state index contributed by atoms with van der Waals surface area (Å²) in [4.78, 5) is 61.0. The van der Waals surface area contributed by atoms with Crippen molar-refractivity contribution in [3.8, 4) is 28.5 Å². The molecule has 0 spiro atoms. The number of nitrogens with one attached hydrogen (secondary N) is 1. The van der Waals surface area contributed by atoms with Gasteiger partial charge in [-0.1, -0.05) is 6.07 Å². The summed E-state index contributed by atoms with van der Waals surface area (Å²) in [5.41, 5.74) is 4.88. The summed E-state index contributed by atoms with van der Waals surface area (Å²) in [5, 5.41) is 3.57. The van der Waals surface area contributed by atoms with Gasteiger partial charge in [0.1, 0.15) is 17.5 Å². The first kappa shape index (κ1) is 33.1. The Kier molecular flexibility index (Phi) is 8.68. The number of aromatic nitrogens is 2. The van der Waals surface area contributed by atoms with Crippen molar-refractivity contribution in [3.63, 3.8) is 0 Å². The van der Waals surface area contributed by atoms with Gasteiger partial charge in [0.15, 0.2) is 0 Å². The van der Waals surface area contributed by atoms with Gasteiger partial charge >= 0.3 is 0 Å². The average molecular weight is 681 g/mol. The molecule has 0 bridgehead atoms. The van der Waals surface area contributed by atoms with Crippen molar-refractivity contribution in [2.45, 2.75) is 44.9 Å². The number of rotatable bonds is 8. The standard InChI is InChI=1S/C37H40N6O7/c1-21-17-42(24-7-6-22-18-43(37(47)25(22)14-24)30-8-9-33(44)39-35(30)45)11-10-41(21)20-29-31(48-3)12-23(13-32(29)49-4)28-19-40(2)36(46)27-16-38-34(50-5)15-26(27)28/h6-7,12-16,19,21,30H,8-11,17-18,20H2,1-5H3,(H,39,44,45). The van der Waals surface area contributed by atoms with E-state index in [0.29, 0.717) is 47.8 Å². The minimum Gasteiger partial charge on any atom is -0.496 e. The van der Waals surface area contributed by atoms with Crippen LogP contribution in [0.1, 0.15) is 41.3 Å². The molecule has 3 aliphatic heterocycles. The lowest BCUT2D eigenvalue weighted by Crippen LogP contribution is -2.52. The maximum absolute atomic E-state index is 13.4. The van der Waals surface area contributed by atoms with E-state index in [2.05, 4.69) is 27.0 Å². The Morgan fingerprint density at radius 1 is 0.920 bits per heavy atom. The molecule has 0 radical (unpaired) electrons. The first-order chi connectivity index (χ1) is 24.1. The third-order valence-electron chi connectivity index (χ3n) is 10.2. The smallest absolute Gasteiger partial charge is 0.259 e. The maximum atomic E-state index is 13.4. The minimum atomic E-state index is -0.635. The zero-order valence-corrected chi connectivity index (χ0v) is 28.8. The Bertz CT molecular complexity index is 2070. The van der Waals surface area contributed by atoms with Crippen molar-refractivity contribution in [1.82, 2.24) is 24.7 Å². The lowest BCUT2D eigenvalue weighted by molar-refractivity contribution is -0.136. The lowest BCUT2D eigenvalue weighted by Gasteiger charge is -2.41. The molecule has 2 aromatic carbocycles. The van der Waals surface area contributed by atoms with Crippen LogP contribution in [0.25, 0.3) is 21.9 Å². The summed E-state index contributed by atoms with van der Waals surface area (Å²) in [6.07, 6.45) is 3.91. The van der Waals surface area contributed by atoms with Crippen LogP contribution in [0, 0.1) is 0 Å². The lowest BCUT2D eigenvalue weighted by atomic mass is 9.98. The van der Waals surface area contributed by atoms with Crippen LogP contribution in [0.4, 0.5) is 5.69 Å². The predicted molar refractivity (Wildman–Crippen MR) is 187 cm³/mol. The largest absolute Gasteiger partial charge is 0.496 e. The van der Waals surface area contributed by atoms with Crippen LogP contribution in [0.2, 0.25) is 0 Å². The molecule has 7 rings (SSSR count). The normalized spacial score (nSPS) is 19.5. The van der Waals surface area contributed by atoms with Crippen molar-refractivity contribution < 1.29 is 28.6 Å². The molecule has 2 unspecified atom stereocenters. The Morgan fingerprint density at radius 3 is 2.36 bits per heavy atom. The molecule has 2 aromatic heterocycles. The van der Waals surface area contributed by atoms with Gasteiger partial charge in [0.05, 0.1) is 32.3 Å². The molecular formula is C37H40N6O7. The highest BCUT2D eigenvalue weighted by Crippen LogP contribution is 2.39. The van der Waals surface area contributed by atoms with E-state index in [1.807, 2.05) is 30.3 Å². The van der Waals surface area contributed by atoms with Crippen LogP contribution in [0.3, 0.4) is 0 Å². The van der Waals surface area contributed by atoms with Gasteiger partial charge in [-0.15, -0.1) is 0 Å². The first-order valence-electron chi connectivity index (χ1n) is 16.6. The molecule has 0 aliphatic carbocycles. The van der Waals surface area contributed by atoms with E-state index < -0.39 is 11.9 Å². The number of fused-ring (bicyclic) bond motifs is 2. The molecule has 13 nitrogen and oxygen atoms in total. The maximum Gasteiger partial charge on any atom is 0.259 e. The van der Waals surface area contributed by atoms with E-state index in [4.69, 9.17) is 14.2 Å². The number of benzene rings is 2. The van der Waals surface area contributed by atoms with Gasteiger partial charge in [0, 0.05) is 92.9 Å². The number of piperazine rings is 1.